The molecule has 0 spiro atoms. The molecule has 1 aliphatic heterocycles. The highest BCUT2D eigenvalue weighted by atomic mass is 19.4. The number of nitrogens with one attached hydrogen (secondary N) is 1. The molecule has 1 aromatic carbocycles. The van der Waals surface area contributed by atoms with Crippen LogP contribution in [0.2, 0.25) is 0 Å². The molecule has 98 valence electrons. The standard InChI is InChI=1S/C12H13F3N2O/c13-12(14,15)8-18-10-4-2-9(3-5-10)11-16-6-1-7-17-11/h2-5H,1,6-8H2,(H,16,17). The van der Waals surface area contributed by atoms with Crippen molar-refractivity contribution < 1.29 is 17.9 Å². The van der Waals surface area contributed by atoms with Gasteiger partial charge in [-0.05, 0) is 30.7 Å². The van der Waals surface area contributed by atoms with Gasteiger partial charge < -0.3 is 10.1 Å². The molecule has 0 aromatic heterocycles. The molecule has 0 unspecified atom stereocenters. The third kappa shape index (κ3) is 3.65. The van der Waals surface area contributed by atoms with Gasteiger partial charge >= 0.3 is 6.18 Å². The minimum atomic E-state index is -4.31. The minimum absolute atomic E-state index is 0.201. The average molecular weight is 258 g/mol. The fourth-order valence-electron chi connectivity index (χ4n) is 1.60. The molecule has 0 atom stereocenters. The summed E-state index contributed by atoms with van der Waals surface area (Å²) >= 11 is 0. The van der Waals surface area contributed by atoms with Crippen LogP contribution in [0.5, 0.6) is 5.75 Å². The van der Waals surface area contributed by atoms with Gasteiger partial charge in [-0.1, -0.05) is 0 Å². The van der Waals surface area contributed by atoms with Gasteiger partial charge in [0.15, 0.2) is 6.61 Å². The van der Waals surface area contributed by atoms with Gasteiger partial charge in [-0.3, -0.25) is 4.99 Å². The Morgan fingerprint density at radius 2 is 1.94 bits per heavy atom. The van der Waals surface area contributed by atoms with Crippen LogP contribution >= 0.6 is 0 Å². The molecule has 0 bridgehead atoms. The largest absolute Gasteiger partial charge is 0.484 e. The lowest BCUT2D eigenvalue weighted by Gasteiger charge is -2.15. The molecule has 2 rings (SSSR count). The van der Waals surface area contributed by atoms with Crippen LogP contribution in [0.1, 0.15) is 12.0 Å². The second-order valence-electron chi connectivity index (χ2n) is 3.94. The van der Waals surface area contributed by atoms with Crippen molar-refractivity contribution >= 4 is 5.84 Å². The van der Waals surface area contributed by atoms with E-state index >= 15 is 0 Å². The number of nitrogens with zero attached hydrogens (tertiary/aromatic N) is 1. The Bertz CT molecular complexity index is 426. The fraction of sp³-hybridized carbons (Fsp3) is 0.417. The molecule has 1 heterocycles. The van der Waals surface area contributed by atoms with E-state index in [0.29, 0.717) is 0 Å². The summed E-state index contributed by atoms with van der Waals surface area (Å²) in [5, 5.41) is 3.14. The second kappa shape index (κ2) is 5.29. The Morgan fingerprint density at radius 3 is 2.50 bits per heavy atom. The normalized spacial score (nSPS) is 15.8. The molecule has 0 saturated carbocycles. The van der Waals surface area contributed by atoms with Crippen LogP contribution in [0.15, 0.2) is 29.3 Å². The maximum Gasteiger partial charge on any atom is 0.422 e. The first kappa shape index (κ1) is 12.7. The van der Waals surface area contributed by atoms with Gasteiger partial charge in [0.05, 0.1) is 0 Å². The first-order valence-corrected chi connectivity index (χ1v) is 5.63. The maximum atomic E-state index is 12.0. The van der Waals surface area contributed by atoms with Crippen LogP contribution in [0.25, 0.3) is 0 Å². The zero-order valence-corrected chi connectivity index (χ0v) is 9.63. The van der Waals surface area contributed by atoms with Crippen LogP contribution in [0.4, 0.5) is 13.2 Å². The monoisotopic (exact) mass is 258 g/mol. The lowest BCUT2D eigenvalue weighted by Crippen LogP contribution is -2.30. The van der Waals surface area contributed by atoms with Crippen molar-refractivity contribution in [3.8, 4) is 5.75 Å². The Morgan fingerprint density at radius 1 is 1.22 bits per heavy atom. The van der Waals surface area contributed by atoms with Crippen molar-refractivity contribution in [3.63, 3.8) is 0 Å². The molecule has 0 saturated heterocycles. The minimum Gasteiger partial charge on any atom is -0.484 e. The van der Waals surface area contributed by atoms with Gasteiger partial charge in [-0.25, -0.2) is 0 Å². The number of rotatable bonds is 3. The number of benzene rings is 1. The average Bonchev–Trinajstić information content (AvgIpc) is 2.37. The van der Waals surface area contributed by atoms with E-state index in [1.807, 2.05) is 0 Å². The topological polar surface area (TPSA) is 33.6 Å². The van der Waals surface area contributed by atoms with E-state index in [4.69, 9.17) is 0 Å². The molecule has 3 nitrogen and oxygen atoms in total. The van der Waals surface area contributed by atoms with Gasteiger partial charge in [0.2, 0.25) is 0 Å². The first-order valence-electron chi connectivity index (χ1n) is 5.63. The molecule has 18 heavy (non-hydrogen) atoms. The number of halogens is 3. The van der Waals surface area contributed by atoms with Crippen molar-refractivity contribution in [2.45, 2.75) is 12.6 Å². The molecule has 1 aliphatic rings. The lowest BCUT2D eigenvalue weighted by molar-refractivity contribution is -0.153. The second-order valence-corrected chi connectivity index (χ2v) is 3.94. The van der Waals surface area contributed by atoms with Crippen molar-refractivity contribution in [3.05, 3.63) is 29.8 Å². The van der Waals surface area contributed by atoms with Crippen LogP contribution in [0.3, 0.4) is 0 Å². The predicted octanol–water partition coefficient (Wildman–Crippen LogP) is 2.37. The van der Waals surface area contributed by atoms with Gasteiger partial charge in [-0.15, -0.1) is 0 Å². The van der Waals surface area contributed by atoms with Crippen LogP contribution in [-0.2, 0) is 0 Å². The van der Waals surface area contributed by atoms with Gasteiger partial charge in [0.25, 0.3) is 0 Å². The van der Waals surface area contributed by atoms with E-state index in [1.165, 1.54) is 12.1 Å². The van der Waals surface area contributed by atoms with Gasteiger partial charge in [-0.2, -0.15) is 13.2 Å². The number of hydrogen-bond acceptors (Lipinski definition) is 3. The molecule has 6 heteroatoms. The van der Waals surface area contributed by atoms with E-state index in [9.17, 15) is 13.2 Å². The number of ether oxygens (including phenoxy) is 1. The lowest BCUT2D eigenvalue weighted by atomic mass is 10.2. The van der Waals surface area contributed by atoms with E-state index in [-0.39, 0.29) is 5.75 Å². The summed E-state index contributed by atoms with van der Waals surface area (Å²) in [6, 6.07) is 6.42. The Balaban J connectivity index is 1.99. The zero-order chi connectivity index (χ0) is 13.0. The SMILES string of the molecule is FC(F)(F)COc1ccc(C2=NCCCN2)cc1. The van der Waals surface area contributed by atoms with Crippen LogP contribution in [0, 0.1) is 0 Å². The summed E-state index contributed by atoms with van der Waals surface area (Å²) in [5.41, 5.74) is 0.856. The van der Waals surface area contributed by atoms with E-state index < -0.39 is 12.8 Å². The van der Waals surface area contributed by atoms with Crippen molar-refractivity contribution in [1.82, 2.24) is 5.32 Å². The summed E-state index contributed by atoms with van der Waals surface area (Å²) in [7, 11) is 0. The van der Waals surface area contributed by atoms with Crippen molar-refractivity contribution in [2.24, 2.45) is 4.99 Å². The van der Waals surface area contributed by atoms with Gasteiger partial charge in [0.1, 0.15) is 11.6 Å². The highest BCUT2D eigenvalue weighted by molar-refractivity contribution is 5.99. The molecule has 0 radical (unpaired) electrons. The molecule has 1 aromatic rings. The third-order valence-electron chi connectivity index (χ3n) is 2.43. The summed E-state index contributed by atoms with van der Waals surface area (Å²) in [6.07, 6.45) is -3.32. The highest BCUT2D eigenvalue weighted by Gasteiger charge is 2.28. The van der Waals surface area contributed by atoms with E-state index in [0.717, 1.165) is 30.9 Å². The molecular formula is C12H13F3N2O. The van der Waals surface area contributed by atoms with Gasteiger partial charge in [0, 0.05) is 18.7 Å². The van der Waals surface area contributed by atoms with E-state index in [2.05, 4.69) is 15.0 Å². The quantitative estimate of drug-likeness (QED) is 0.903. The fourth-order valence-corrected chi connectivity index (χ4v) is 1.60. The smallest absolute Gasteiger partial charge is 0.422 e. The number of amidine groups is 1. The molecule has 1 N–H and O–H groups in total. The summed E-state index contributed by atoms with van der Waals surface area (Å²) < 4.78 is 40.5. The molecular weight excluding hydrogens is 245 g/mol. The van der Waals surface area contributed by atoms with Crippen molar-refractivity contribution in [2.75, 3.05) is 19.7 Å². The molecule has 0 amide bonds. The van der Waals surface area contributed by atoms with Crippen LogP contribution < -0.4 is 10.1 Å². The summed E-state index contributed by atoms with van der Waals surface area (Å²) in [4.78, 5) is 4.30. The number of aliphatic imine (C=N–C) groups is 1. The number of hydrogen-bond donors (Lipinski definition) is 1. The van der Waals surface area contributed by atoms with Crippen molar-refractivity contribution in [1.29, 1.82) is 0 Å². The Labute approximate surface area is 103 Å². The predicted molar refractivity (Wildman–Crippen MR) is 62.0 cm³/mol. The summed E-state index contributed by atoms with van der Waals surface area (Å²) in [5.74, 6) is 0.983. The Kier molecular flexibility index (Phi) is 3.74. The maximum absolute atomic E-state index is 12.0. The highest BCUT2D eigenvalue weighted by Crippen LogP contribution is 2.19. The third-order valence-corrected chi connectivity index (χ3v) is 2.43. The molecule has 0 fully saturated rings. The first-order chi connectivity index (χ1) is 8.54. The van der Waals surface area contributed by atoms with Crippen LogP contribution in [-0.4, -0.2) is 31.7 Å². The number of alkyl halides is 3. The molecule has 0 aliphatic carbocycles. The summed E-state index contributed by atoms with van der Waals surface area (Å²) in [6.45, 7) is 0.366. The van der Waals surface area contributed by atoms with E-state index in [1.54, 1.807) is 12.1 Å². The zero-order valence-electron chi connectivity index (χ0n) is 9.63. The Hall–Kier alpha value is -1.72.